The fraction of sp³-hybridized carbons (Fsp3) is 0.333. The summed E-state index contributed by atoms with van der Waals surface area (Å²) in [6.45, 7) is 2.66. The van der Waals surface area contributed by atoms with Gasteiger partial charge < -0.3 is 30.1 Å². The van der Waals surface area contributed by atoms with Gasteiger partial charge in [-0.3, -0.25) is 0 Å². The molecule has 0 amide bonds. The maximum Gasteiger partial charge on any atom is 0.283 e. The first-order valence-corrected chi connectivity index (χ1v) is 17.5. The van der Waals surface area contributed by atoms with E-state index in [4.69, 9.17) is 9.47 Å². The van der Waals surface area contributed by atoms with Gasteiger partial charge in [0.2, 0.25) is 0 Å². The van der Waals surface area contributed by atoms with E-state index in [1.165, 1.54) is 8.61 Å². The number of aliphatic hydroxyl groups is 2. The van der Waals surface area contributed by atoms with Gasteiger partial charge in [0.25, 0.3) is 10.2 Å². The minimum atomic E-state index is -4.49. The third-order valence-electron chi connectivity index (χ3n) is 8.76. The first-order valence-electron chi connectivity index (χ1n) is 16.1. The molecule has 4 aromatic rings. The Bertz CT molecular complexity index is 1610. The molecule has 6 atom stereocenters. The second-order valence-electron chi connectivity index (χ2n) is 12.2. The first-order chi connectivity index (χ1) is 23.6. The van der Waals surface area contributed by atoms with Crippen LogP contribution in [0.25, 0.3) is 0 Å². The summed E-state index contributed by atoms with van der Waals surface area (Å²) in [6, 6.07) is 28.6. The Morgan fingerprint density at radius 3 is 1.39 bits per heavy atom. The molecule has 1 heterocycles. The molecule has 0 aromatic heterocycles. The second kappa shape index (κ2) is 16.7. The van der Waals surface area contributed by atoms with Crippen molar-refractivity contribution in [2.75, 3.05) is 13.2 Å². The minimum Gasteiger partial charge on any atom is -0.492 e. The van der Waals surface area contributed by atoms with Crippen LogP contribution in [0, 0.1) is 0 Å². The molecule has 262 valence electrons. The lowest BCUT2D eigenvalue weighted by molar-refractivity contribution is -0.0565. The van der Waals surface area contributed by atoms with Crippen LogP contribution >= 0.6 is 0 Å². The third kappa shape index (κ3) is 8.83. The zero-order valence-electron chi connectivity index (χ0n) is 27.4. The van der Waals surface area contributed by atoms with E-state index in [1.807, 2.05) is 12.1 Å². The Kier molecular flexibility index (Phi) is 12.4. The van der Waals surface area contributed by atoms with E-state index in [0.717, 1.165) is 11.1 Å². The summed E-state index contributed by atoms with van der Waals surface area (Å²) in [5.74, 6) is 0.944. The molecule has 4 aromatic carbocycles. The largest absolute Gasteiger partial charge is 0.492 e. The second-order valence-corrected chi connectivity index (χ2v) is 14.0. The van der Waals surface area contributed by atoms with Crippen molar-refractivity contribution in [3.63, 3.8) is 0 Å². The number of aliphatic hydroxyl groups excluding tert-OH is 2. The SMILES string of the molecule is CC(NO)c1cccc(CN2[C@H](COc3ccccc3)[C@H](O)[C@@H](O)[C@@H](COc3ccccc3)N(Cc3cccc(C(C)NO)c3)S2(=O)=O)c1. The van der Waals surface area contributed by atoms with Gasteiger partial charge in [0, 0.05) is 13.1 Å². The lowest BCUT2D eigenvalue weighted by atomic mass is 9.98. The summed E-state index contributed by atoms with van der Waals surface area (Å²) in [5, 5.41) is 42.8. The minimum absolute atomic E-state index is 0.171. The number of nitrogens with one attached hydrogen (secondary N) is 2. The standard InChI is InChI=1S/C36H44N4O8S/c1-25(37-43)29-13-9-11-27(19-29)21-39-33(23-47-31-15-5-3-6-16-31)35(41)36(42)34(24-48-32-17-7-4-8-18-32)40(49(39,45)46)22-28-12-10-14-30(20-28)26(2)38-44/h3-20,25-26,33-38,41-44H,21-24H2,1-2H3/t25?,26?,33-,34-,35+,36+/m1/s1. The summed E-state index contributed by atoms with van der Waals surface area (Å²) in [4.78, 5) is 0. The number of hydrogen-bond acceptors (Lipinski definition) is 10. The molecule has 0 radical (unpaired) electrons. The summed E-state index contributed by atoms with van der Waals surface area (Å²) in [6.07, 6.45) is -3.17. The van der Waals surface area contributed by atoms with Gasteiger partial charge in [-0.1, -0.05) is 84.9 Å². The van der Waals surface area contributed by atoms with Gasteiger partial charge in [-0.25, -0.2) is 0 Å². The molecule has 12 nitrogen and oxygen atoms in total. The normalized spacial score (nSPS) is 22.6. The van der Waals surface area contributed by atoms with Gasteiger partial charge in [0.1, 0.15) is 36.9 Å². The van der Waals surface area contributed by atoms with Crippen LogP contribution in [0.5, 0.6) is 11.5 Å². The number of ether oxygens (including phenoxy) is 2. The third-order valence-corrected chi connectivity index (χ3v) is 10.8. The number of rotatable bonds is 14. The fourth-order valence-corrected chi connectivity index (χ4v) is 7.81. The summed E-state index contributed by atoms with van der Waals surface area (Å²) in [7, 11) is -4.49. The lowest BCUT2D eigenvalue weighted by Crippen LogP contribution is -2.52. The van der Waals surface area contributed by atoms with Crippen molar-refractivity contribution in [2.45, 2.75) is 63.3 Å². The predicted octanol–water partition coefficient (Wildman–Crippen LogP) is 3.95. The molecule has 5 rings (SSSR count). The highest BCUT2D eigenvalue weighted by atomic mass is 32.2. The average molecular weight is 693 g/mol. The molecule has 6 N–H and O–H groups in total. The Labute approximate surface area is 287 Å². The quantitative estimate of drug-likeness (QED) is 0.107. The number of nitrogens with zero attached hydrogens (tertiary/aromatic N) is 2. The summed E-state index contributed by atoms with van der Waals surface area (Å²) < 4.78 is 44.5. The van der Waals surface area contributed by atoms with E-state index in [0.29, 0.717) is 22.6 Å². The number of para-hydroxylation sites is 2. The highest BCUT2D eigenvalue weighted by Crippen LogP contribution is 2.32. The topological polar surface area (TPSA) is 164 Å². The highest BCUT2D eigenvalue weighted by molar-refractivity contribution is 7.86. The van der Waals surface area contributed by atoms with Gasteiger partial charge in [-0.15, -0.1) is 0 Å². The lowest BCUT2D eigenvalue weighted by Gasteiger charge is -2.34. The molecule has 1 aliphatic rings. The molecule has 0 aliphatic carbocycles. The van der Waals surface area contributed by atoms with Crippen LogP contribution in [-0.2, 0) is 23.3 Å². The van der Waals surface area contributed by atoms with Crippen molar-refractivity contribution in [1.29, 1.82) is 0 Å². The van der Waals surface area contributed by atoms with E-state index in [-0.39, 0.29) is 26.3 Å². The zero-order chi connectivity index (χ0) is 35.0. The molecule has 0 saturated carbocycles. The smallest absolute Gasteiger partial charge is 0.283 e. The highest BCUT2D eigenvalue weighted by Gasteiger charge is 2.51. The number of benzene rings is 4. The molecule has 2 unspecified atom stereocenters. The molecule has 49 heavy (non-hydrogen) atoms. The van der Waals surface area contributed by atoms with Crippen molar-refractivity contribution >= 4 is 10.2 Å². The molecule has 1 fully saturated rings. The van der Waals surface area contributed by atoms with Gasteiger partial charge >= 0.3 is 0 Å². The van der Waals surface area contributed by atoms with Gasteiger partial charge in [0.15, 0.2) is 0 Å². The Morgan fingerprint density at radius 1 is 0.633 bits per heavy atom. The maximum absolute atomic E-state index is 15.0. The van der Waals surface area contributed by atoms with E-state index >= 15 is 8.42 Å². The van der Waals surface area contributed by atoms with Gasteiger partial charge in [0.05, 0.1) is 24.2 Å². The van der Waals surface area contributed by atoms with Crippen molar-refractivity contribution in [3.05, 3.63) is 131 Å². The monoisotopic (exact) mass is 692 g/mol. The van der Waals surface area contributed by atoms with Crippen LogP contribution in [0.2, 0.25) is 0 Å². The van der Waals surface area contributed by atoms with E-state index in [2.05, 4.69) is 11.0 Å². The molecule has 1 aliphatic heterocycles. The molecular formula is C36H44N4O8S. The molecule has 0 spiro atoms. The van der Waals surface area contributed by atoms with Crippen LogP contribution in [0.15, 0.2) is 109 Å². The summed E-state index contributed by atoms with van der Waals surface area (Å²) in [5.41, 5.74) is 7.07. The van der Waals surface area contributed by atoms with Gasteiger partial charge in [-0.2, -0.15) is 28.0 Å². The Balaban J connectivity index is 1.60. The Hall–Kier alpha value is -3.89. The van der Waals surface area contributed by atoms with Crippen molar-refractivity contribution in [1.82, 2.24) is 19.6 Å². The molecule has 0 bridgehead atoms. The molecule has 13 heteroatoms. The molecule has 1 saturated heterocycles. The van der Waals surface area contributed by atoms with Crippen molar-refractivity contribution in [2.24, 2.45) is 0 Å². The van der Waals surface area contributed by atoms with E-state index in [9.17, 15) is 20.6 Å². The fourth-order valence-electron chi connectivity index (χ4n) is 5.86. The van der Waals surface area contributed by atoms with Crippen LogP contribution in [0.3, 0.4) is 0 Å². The number of hydroxylamine groups is 2. The average Bonchev–Trinajstić information content (AvgIpc) is 3.18. The van der Waals surface area contributed by atoms with E-state index < -0.39 is 46.6 Å². The zero-order valence-corrected chi connectivity index (χ0v) is 28.2. The van der Waals surface area contributed by atoms with Crippen LogP contribution in [-0.4, -0.2) is 75.2 Å². The first kappa shape index (κ1) is 36.4. The molecular weight excluding hydrogens is 648 g/mol. The predicted molar refractivity (Wildman–Crippen MR) is 183 cm³/mol. The maximum atomic E-state index is 15.0. The van der Waals surface area contributed by atoms with Gasteiger partial charge in [-0.05, 0) is 60.4 Å². The Morgan fingerprint density at radius 2 is 1.02 bits per heavy atom. The summed E-state index contributed by atoms with van der Waals surface area (Å²) >= 11 is 0. The van der Waals surface area contributed by atoms with Crippen LogP contribution in [0.1, 0.15) is 48.2 Å². The van der Waals surface area contributed by atoms with Crippen molar-refractivity contribution < 1.29 is 38.5 Å². The number of hydrogen-bond donors (Lipinski definition) is 6. The van der Waals surface area contributed by atoms with Crippen LogP contribution < -0.4 is 20.4 Å². The van der Waals surface area contributed by atoms with E-state index in [1.54, 1.807) is 111 Å². The van der Waals surface area contributed by atoms with Crippen LogP contribution in [0.4, 0.5) is 0 Å². The van der Waals surface area contributed by atoms with Crippen molar-refractivity contribution in [3.8, 4) is 11.5 Å².